The molecule has 0 atom stereocenters. The van der Waals surface area contributed by atoms with Gasteiger partial charge < -0.3 is 0 Å². The first kappa shape index (κ1) is 7.68. The van der Waals surface area contributed by atoms with E-state index in [-0.39, 0.29) is 0 Å². The van der Waals surface area contributed by atoms with E-state index in [1.54, 1.807) is 6.20 Å². The fourth-order valence-corrected chi connectivity index (χ4v) is 1.47. The van der Waals surface area contributed by atoms with Crippen LogP contribution in [-0.2, 0) is 0 Å². The van der Waals surface area contributed by atoms with Crippen molar-refractivity contribution < 1.29 is 0 Å². The molecule has 0 radical (unpaired) electrons. The second-order valence-electron chi connectivity index (χ2n) is 2.60. The number of rotatable bonds is 0. The maximum absolute atomic E-state index is 4.33. The molecule has 0 aromatic carbocycles. The van der Waals surface area contributed by atoms with Gasteiger partial charge in [-0.1, -0.05) is 6.07 Å². The Labute approximate surface area is 78.8 Å². The van der Waals surface area contributed by atoms with Gasteiger partial charge in [-0.2, -0.15) is 0 Å². The Morgan fingerprint density at radius 1 is 1.25 bits per heavy atom. The molecule has 60 valence electrons. The molecule has 2 heterocycles. The van der Waals surface area contributed by atoms with Gasteiger partial charge in [0.25, 0.3) is 0 Å². The van der Waals surface area contributed by atoms with Crippen LogP contribution in [0.5, 0.6) is 0 Å². The Morgan fingerprint density at radius 3 is 2.92 bits per heavy atom. The number of aromatic nitrogens is 2. The average molecular weight is 223 g/mol. The summed E-state index contributed by atoms with van der Waals surface area (Å²) in [6.45, 7) is 1.96. The zero-order valence-corrected chi connectivity index (χ0v) is 8.17. The van der Waals surface area contributed by atoms with Crippen LogP contribution in [0.4, 0.5) is 0 Å². The van der Waals surface area contributed by atoms with Gasteiger partial charge in [0.2, 0.25) is 0 Å². The number of hydrogen-bond donors (Lipinski definition) is 0. The van der Waals surface area contributed by atoms with E-state index in [1.165, 1.54) is 0 Å². The number of nitrogens with zero attached hydrogens (tertiary/aromatic N) is 2. The summed E-state index contributed by atoms with van der Waals surface area (Å²) < 4.78 is 0.853. The molecule has 0 unspecified atom stereocenters. The van der Waals surface area contributed by atoms with Gasteiger partial charge in [0.05, 0.1) is 11.2 Å². The summed E-state index contributed by atoms with van der Waals surface area (Å²) in [5.74, 6) is 0. The molecule has 0 bridgehead atoms. The molecule has 2 aromatic heterocycles. The van der Waals surface area contributed by atoms with Gasteiger partial charge in [-0.3, -0.25) is 4.98 Å². The van der Waals surface area contributed by atoms with Crippen LogP contribution in [0.3, 0.4) is 0 Å². The molecule has 12 heavy (non-hydrogen) atoms. The number of pyridine rings is 2. The molecule has 0 saturated heterocycles. The average Bonchev–Trinajstić information content (AvgIpc) is 2.07. The second-order valence-corrected chi connectivity index (χ2v) is 3.41. The highest BCUT2D eigenvalue weighted by atomic mass is 79.9. The Kier molecular flexibility index (Phi) is 1.81. The number of fused-ring (bicyclic) bond motifs is 1. The van der Waals surface area contributed by atoms with Crippen LogP contribution >= 0.6 is 15.9 Å². The largest absolute Gasteiger partial charge is 0.259 e. The van der Waals surface area contributed by atoms with Crippen molar-refractivity contribution in [3.8, 4) is 0 Å². The maximum Gasteiger partial charge on any atom is 0.106 e. The van der Waals surface area contributed by atoms with Crippen molar-refractivity contribution in [2.45, 2.75) is 6.92 Å². The monoisotopic (exact) mass is 222 g/mol. The van der Waals surface area contributed by atoms with Crippen molar-refractivity contribution in [1.82, 2.24) is 9.97 Å². The van der Waals surface area contributed by atoms with E-state index >= 15 is 0 Å². The molecule has 0 fully saturated rings. The maximum atomic E-state index is 4.33. The van der Waals surface area contributed by atoms with Crippen molar-refractivity contribution in [3.63, 3.8) is 0 Å². The highest BCUT2D eigenvalue weighted by Gasteiger charge is 1.98. The molecule has 0 aliphatic carbocycles. The molecule has 0 aliphatic rings. The summed E-state index contributed by atoms with van der Waals surface area (Å²) in [5, 5.41) is 1.13. The van der Waals surface area contributed by atoms with Gasteiger partial charge in [0.1, 0.15) is 4.60 Å². The first-order valence-electron chi connectivity index (χ1n) is 3.65. The lowest BCUT2D eigenvalue weighted by Gasteiger charge is -1.99. The Balaban J connectivity index is 2.88. The fourth-order valence-electron chi connectivity index (χ4n) is 1.16. The summed E-state index contributed by atoms with van der Waals surface area (Å²) >= 11 is 3.33. The number of halogens is 1. The summed E-state index contributed by atoms with van der Waals surface area (Å²) in [6, 6.07) is 5.92. The van der Waals surface area contributed by atoms with Crippen LogP contribution in [-0.4, -0.2) is 9.97 Å². The van der Waals surface area contributed by atoms with Crippen LogP contribution in [0.2, 0.25) is 0 Å². The van der Waals surface area contributed by atoms with Crippen LogP contribution in [0.1, 0.15) is 5.69 Å². The summed E-state index contributed by atoms with van der Waals surface area (Å²) in [7, 11) is 0. The molecule has 0 N–H and O–H groups in total. The molecule has 2 nitrogen and oxygen atoms in total. The van der Waals surface area contributed by atoms with Gasteiger partial charge >= 0.3 is 0 Å². The molecular formula is C9H7BrN2. The Bertz CT molecular complexity index is 426. The van der Waals surface area contributed by atoms with Gasteiger partial charge in [0, 0.05) is 11.6 Å². The van der Waals surface area contributed by atoms with Gasteiger partial charge in [-0.05, 0) is 35.0 Å². The fraction of sp³-hybridized carbons (Fsp3) is 0.111. The van der Waals surface area contributed by atoms with Crippen molar-refractivity contribution in [1.29, 1.82) is 0 Å². The van der Waals surface area contributed by atoms with Crippen LogP contribution in [0, 0.1) is 6.92 Å². The molecule has 3 heteroatoms. The van der Waals surface area contributed by atoms with Crippen molar-refractivity contribution >= 4 is 26.8 Å². The predicted molar refractivity (Wildman–Crippen MR) is 52.0 cm³/mol. The SMILES string of the molecule is Cc1nccc2ccc(Br)nc12. The van der Waals surface area contributed by atoms with E-state index in [0.29, 0.717) is 0 Å². The minimum atomic E-state index is 0.853. The third-order valence-corrected chi connectivity index (χ3v) is 2.20. The second kappa shape index (κ2) is 2.83. The van der Waals surface area contributed by atoms with Gasteiger partial charge in [0.15, 0.2) is 0 Å². The molecule has 0 aliphatic heterocycles. The van der Waals surface area contributed by atoms with Crippen LogP contribution < -0.4 is 0 Å². The van der Waals surface area contributed by atoms with E-state index in [1.807, 2.05) is 25.1 Å². The number of hydrogen-bond acceptors (Lipinski definition) is 2. The lowest BCUT2D eigenvalue weighted by Crippen LogP contribution is -1.86. The molecule has 0 spiro atoms. The van der Waals surface area contributed by atoms with E-state index in [2.05, 4.69) is 25.9 Å². The Morgan fingerprint density at radius 2 is 2.08 bits per heavy atom. The van der Waals surface area contributed by atoms with E-state index in [0.717, 1.165) is 21.2 Å². The molecule has 0 saturated carbocycles. The predicted octanol–water partition coefficient (Wildman–Crippen LogP) is 2.70. The molecule has 0 amide bonds. The van der Waals surface area contributed by atoms with Gasteiger partial charge in [-0.15, -0.1) is 0 Å². The quantitative estimate of drug-likeness (QED) is 0.641. The Hall–Kier alpha value is -0.960. The normalized spacial score (nSPS) is 10.5. The van der Waals surface area contributed by atoms with Crippen LogP contribution in [0.25, 0.3) is 10.9 Å². The summed E-state index contributed by atoms with van der Waals surface area (Å²) in [6.07, 6.45) is 1.80. The van der Waals surface area contributed by atoms with Crippen molar-refractivity contribution in [2.24, 2.45) is 0 Å². The zero-order chi connectivity index (χ0) is 8.55. The lowest BCUT2D eigenvalue weighted by atomic mass is 10.2. The van der Waals surface area contributed by atoms with E-state index in [9.17, 15) is 0 Å². The first-order chi connectivity index (χ1) is 5.77. The standard InChI is InChI=1S/C9H7BrN2/c1-6-9-7(4-5-11-6)2-3-8(10)12-9/h2-5H,1H3. The minimum absolute atomic E-state index is 0.853. The highest BCUT2D eigenvalue weighted by Crippen LogP contribution is 2.16. The summed E-state index contributed by atoms with van der Waals surface area (Å²) in [5.41, 5.74) is 1.93. The summed E-state index contributed by atoms with van der Waals surface area (Å²) in [4.78, 5) is 8.49. The smallest absolute Gasteiger partial charge is 0.106 e. The van der Waals surface area contributed by atoms with E-state index < -0.39 is 0 Å². The van der Waals surface area contributed by atoms with Crippen LogP contribution in [0.15, 0.2) is 29.0 Å². The first-order valence-corrected chi connectivity index (χ1v) is 4.44. The third kappa shape index (κ3) is 1.20. The molecular weight excluding hydrogens is 216 g/mol. The molecule has 2 rings (SSSR count). The number of aryl methyl sites for hydroxylation is 1. The zero-order valence-electron chi connectivity index (χ0n) is 6.58. The highest BCUT2D eigenvalue weighted by molar-refractivity contribution is 9.10. The molecule has 2 aromatic rings. The van der Waals surface area contributed by atoms with E-state index in [4.69, 9.17) is 0 Å². The van der Waals surface area contributed by atoms with Gasteiger partial charge in [-0.25, -0.2) is 4.98 Å². The minimum Gasteiger partial charge on any atom is -0.259 e. The van der Waals surface area contributed by atoms with Crippen molar-refractivity contribution in [3.05, 3.63) is 34.7 Å². The topological polar surface area (TPSA) is 25.8 Å². The lowest BCUT2D eigenvalue weighted by molar-refractivity contribution is 1.19. The third-order valence-electron chi connectivity index (χ3n) is 1.76. The van der Waals surface area contributed by atoms with Crippen molar-refractivity contribution in [2.75, 3.05) is 0 Å².